The summed E-state index contributed by atoms with van der Waals surface area (Å²) in [7, 11) is -3.76. The standard InChI is InChI=1S/C22H29N3O4S/c1-17-9-13-25(14-10-17)30(28,29)20-15-24(16-21(26)23-11-5-2-6-12-23)22(27)19-8-4-3-7-18(19)20/h3-4,7-8,15,17H,2,5-6,9-14,16H2,1H3. The molecule has 2 fully saturated rings. The number of nitrogens with zero attached hydrogens (tertiary/aromatic N) is 3. The largest absolute Gasteiger partial charge is 0.341 e. The molecule has 162 valence electrons. The fraction of sp³-hybridized carbons (Fsp3) is 0.545. The predicted octanol–water partition coefficient (Wildman–Crippen LogP) is 2.43. The molecule has 2 aliphatic heterocycles. The zero-order chi connectivity index (χ0) is 21.3. The topological polar surface area (TPSA) is 79.7 Å². The average molecular weight is 432 g/mol. The van der Waals surface area contributed by atoms with E-state index in [1.54, 1.807) is 29.2 Å². The lowest BCUT2D eigenvalue weighted by molar-refractivity contribution is -0.132. The summed E-state index contributed by atoms with van der Waals surface area (Å²) in [5.41, 5.74) is -0.331. The van der Waals surface area contributed by atoms with Gasteiger partial charge in [-0.05, 0) is 44.1 Å². The SMILES string of the molecule is CC1CCN(S(=O)(=O)c2cn(CC(=O)N3CCCCC3)c(=O)c3ccccc23)CC1. The molecule has 1 amide bonds. The van der Waals surface area contributed by atoms with Gasteiger partial charge in [0.15, 0.2) is 0 Å². The second-order valence-electron chi connectivity index (χ2n) is 8.50. The fourth-order valence-electron chi connectivity index (χ4n) is 4.39. The van der Waals surface area contributed by atoms with E-state index in [0.29, 0.717) is 42.9 Å². The van der Waals surface area contributed by atoms with Gasteiger partial charge in [0.25, 0.3) is 5.56 Å². The Hall–Kier alpha value is -2.19. The van der Waals surface area contributed by atoms with Crippen LogP contribution in [0.25, 0.3) is 10.8 Å². The Morgan fingerprint density at radius 3 is 2.30 bits per heavy atom. The Morgan fingerprint density at radius 1 is 1.00 bits per heavy atom. The minimum absolute atomic E-state index is 0.110. The lowest BCUT2D eigenvalue weighted by Crippen LogP contribution is -2.40. The third kappa shape index (κ3) is 4.03. The van der Waals surface area contributed by atoms with Gasteiger partial charge in [-0.1, -0.05) is 25.1 Å². The van der Waals surface area contributed by atoms with Crippen molar-refractivity contribution in [3.63, 3.8) is 0 Å². The molecule has 0 saturated carbocycles. The van der Waals surface area contributed by atoms with Gasteiger partial charge in [-0.15, -0.1) is 0 Å². The number of benzene rings is 1. The summed E-state index contributed by atoms with van der Waals surface area (Å²) in [6, 6.07) is 6.77. The van der Waals surface area contributed by atoms with Crippen LogP contribution < -0.4 is 5.56 Å². The lowest BCUT2D eigenvalue weighted by Gasteiger charge is -2.30. The highest BCUT2D eigenvalue weighted by atomic mass is 32.2. The number of sulfonamides is 1. The van der Waals surface area contributed by atoms with E-state index in [4.69, 9.17) is 0 Å². The van der Waals surface area contributed by atoms with Crippen LogP contribution in [0.2, 0.25) is 0 Å². The van der Waals surface area contributed by atoms with Gasteiger partial charge in [0.1, 0.15) is 11.4 Å². The number of carbonyl (C=O) groups is 1. The van der Waals surface area contributed by atoms with Crippen molar-refractivity contribution in [2.24, 2.45) is 5.92 Å². The molecule has 2 aromatic rings. The van der Waals surface area contributed by atoms with Crippen molar-refractivity contribution in [1.29, 1.82) is 0 Å². The van der Waals surface area contributed by atoms with Crippen molar-refractivity contribution in [3.05, 3.63) is 40.8 Å². The predicted molar refractivity (Wildman–Crippen MR) is 116 cm³/mol. The number of aromatic nitrogens is 1. The first-order valence-electron chi connectivity index (χ1n) is 10.8. The Labute approximate surface area is 177 Å². The van der Waals surface area contributed by atoms with E-state index < -0.39 is 10.0 Å². The quantitative estimate of drug-likeness (QED) is 0.745. The summed E-state index contributed by atoms with van der Waals surface area (Å²) < 4.78 is 29.7. The van der Waals surface area contributed by atoms with Crippen LogP contribution in [0.1, 0.15) is 39.0 Å². The normalized spacial score (nSPS) is 19.3. The van der Waals surface area contributed by atoms with Crippen LogP contribution in [0, 0.1) is 5.92 Å². The third-order valence-corrected chi connectivity index (χ3v) is 8.26. The fourth-order valence-corrected chi connectivity index (χ4v) is 6.07. The molecule has 0 spiro atoms. The van der Waals surface area contributed by atoms with E-state index in [9.17, 15) is 18.0 Å². The molecular weight excluding hydrogens is 402 g/mol. The van der Waals surface area contributed by atoms with Crippen LogP contribution in [-0.4, -0.2) is 54.3 Å². The number of rotatable bonds is 4. The smallest absolute Gasteiger partial charge is 0.258 e. The first-order valence-corrected chi connectivity index (χ1v) is 12.2. The number of hydrogen-bond donors (Lipinski definition) is 0. The molecule has 30 heavy (non-hydrogen) atoms. The maximum Gasteiger partial charge on any atom is 0.258 e. The average Bonchev–Trinajstić information content (AvgIpc) is 2.76. The molecule has 0 radical (unpaired) electrons. The van der Waals surface area contributed by atoms with E-state index in [1.165, 1.54) is 15.1 Å². The molecule has 3 heterocycles. The van der Waals surface area contributed by atoms with Crippen LogP contribution >= 0.6 is 0 Å². The Balaban J connectivity index is 1.75. The number of amides is 1. The number of hydrogen-bond acceptors (Lipinski definition) is 4. The van der Waals surface area contributed by atoms with Crippen molar-refractivity contribution < 1.29 is 13.2 Å². The number of likely N-dealkylation sites (tertiary alicyclic amines) is 1. The van der Waals surface area contributed by atoms with Crippen molar-refractivity contribution in [2.45, 2.75) is 50.5 Å². The van der Waals surface area contributed by atoms with Crippen molar-refractivity contribution in [3.8, 4) is 0 Å². The zero-order valence-corrected chi connectivity index (χ0v) is 18.2. The Bertz CT molecular complexity index is 1100. The summed E-state index contributed by atoms with van der Waals surface area (Å²) in [5.74, 6) is 0.367. The molecule has 1 aromatic carbocycles. The molecular formula is C22H29N3O4S. The summed E-state index contributed by atoms with van der Waals surface area (Å²) >= 11 is 0. The van der Waals surface area contributed by atoms with Crippen LogP contribution in [0.4, 0.5) is 0 Å². The van der Waals surface area contributed by atoms with Crippen molar-refractivity contribution >= 4 is 26.7 Å². The number of pyridine rings is 1. The highest BCUT2D eigenvalue weighted by Gasteiger charge is 2.31. The number of fused-ring (bicyclic) bond motifs is 1. The third-order valence-electron chi connectivity index (χ3n) is 6.33. The molecule has 1 aromatic heterocycles. The minimum atomic E-state index is -3.76. The van der Waals surface area contributed by atoms with E-state index in [2.05, 4.69) is 6.92 Å². The zero-order valence-electron chi connectivity index (χ0n) is 17.4. The highest BCUT2D eigenvalue weighted by Crippen LogP contribution is 2.27. The van der Waals surface area contributed by atoms with Gasteiger partial charge < -0.3 is 9.47 Å². The molecule has 2 aliphatic rings. The van der Waals surface area contributed by atoms with Gasteiger partial charge in [0, 0.05) is 43.1 Å². The highest BCUT2D eigenvalue weighted by molar-refractivity contribution is 7.89. The molecule has 0 bridgehead atoms. The molecule has 2 saturated heterocycles. The summed E-state index contributed by atoms with van der Waals surface area (Å²) in [5, 5.41) is 0.748. The van der Waals surface area contributed by atoms with E-state index >= 15 is 0 Å². The maximum atomic E-state index is 13.5. The first-order chi connectivity index (χ1) is 14.4. The summed E-state index contributed by atoms with van der Waals surface area (Å²) in [4.78, 5) is 27.7. The lowest BCUT2D eigenvalue weighted by atomic mass is 10.0. The minimum Gasteiger partial charge on any atom is -0.341 e. The van der Waals surface area contributed by atoms with E-state index in [1.807, 2.05) is 0 Å². The second-order valence-corrected chi connectivity index (χ2v) is 10.4. The van der Waals surface area contributed by atoms with Gasteiger partial charge in [0.2, 0.25) is 15.9 Å². The van der Waals surface area contributed by atoms with Crippen LogP contribution in [0.5, 0.6) is 0 Å². The molecule has 0 aliphatic carbocycles. The van der Waals surface area contributed by atoms with Crippen LogP contribution in [0.3, 0.4) is 0 Å². The Kier molecular flexibility index (Phi) is 5.97. The van der Waals surface area contributed by atoms with Gasteiger partial charge in [-0.2, -0.15) is 4.31 Å². The molecule has 4 rings (SSSR count). The first kappa shape index (κ1) is 21.1. The molecule has 8 heteroatoms. The van der Waals surface area contributed by atoms with Gasteiger partial charge >= 0.3 is 0 Å². The second kappa shape index (κ2) is 8.51. The Morgan fingerprint density at radius 2 is 1.63 bits per heavy atom. The van der Waals surface area contributed by atoms with Crippen molar-refractivity contribution in [1.82, 2.24) is 13.8 Å². The monoisotopic (exact) mass is 431 g/mol. The van der Waals surface area contributed by atoms with Crippen molar-refractivity contribution in [2.75, 3.05) is 26.2 Å². The molecule has 0 atom stereocenters. The van der Waals surface area contributed by atoms with Crippen LogP contribution in [0.15, 0.2) is 40.2 Å². The van der Waals surface area contributed by atoms with Gasteiger partial charge in [0.05, 0.1) is 0 Å². The van der Waals surface area contributed by atoms with Gasteiger partial charge in [-0.25, -0.2) is 8.42 Å². The summed E-state index contributed by atoms with van der Waals surface area (Å²) in [6.45, 7) is 4.33. The van der Waals surface area contributed by atoms with E-state index in [-0.39, 0.29) is 22.9 Å². The van der Waals surface area contributed by atoms with Gasteiger partial charge in [-0.3, -0.25) is 9.59 Å². The molecule has 0 unspecified atom stereocenters. The number of piperidine rings is 2. The molecule has 7 nitrogen and oxygen atoms in total. The molecule has 0 N–H and O–H groups in total. The summed E-state index contributed by atoms with van der Waals surface area (Å²) in [6.07, 6.45) is 6.06. The number of carbonyl (C=O) groups excluding carboxylic acids is 1. The maximum absolute atomic E-state index is 13.5. The van der Waals surface area contributed by atoms with Crippen LogP contribution in [-0.2, 0) is 21.4 Å². The van der Waals surface area contributed by atoms with E-state index in [0.717, 1.165) is 32.1 Å².